The van der Waals surface area contributed by atoms with Crippen LogP contribution < -0.4 is 5.32 Å². The second-order valence-electron chi connectivity index (χ2n) is 6.05. The third kappa shape index (κ3) is 10.4. The topological polar surface area (TPSA) is 47.9 Å². The molecule has 0 heterocycles. The highest BCUT2D eigenvalue weighted by Crippen LogP contribution is 2.15. The van der Waals surface area contributed by atoms with Gasteiger partial charge in [-0.3, -0.25) is 4.99 Å². The summed E-state index contributed by atoms with van der Waals surface area (Å²) in [7, 11) is 2.08. The van der Waals surface area contributed by atoms with Gasteiger partial charge in [0.2, 0.25) is 0 Å². The van der Waals surface area contributed by atoms with Gasteiger partial charge in [0.05, 0.1) is 0 Å². The van der Waals surface area contributed by atoms with E-state index in [0.29, 0.717) is 11.8 Å². The average Bonchev–Trinajstić information content (AvgIpc) is 2.43. The van der Waals surface area contributed by atoms with Crippen molar-refractivity contribution in [2.24, 2.45) is 16.8 Å². The molecule has 0 aromatic carbocycles. The van der Waals surface area contributed by atoms with Crippen LogP contribution in [0.3, 0.4) is 0 Å². The maximum atomic E-state index is 9.19. The lowest BCUT2D eigenvalue weighted by atomic mass is 9.94. The van der Waals surface area contributed by atoms with Crippen LogP contribution in [0.1, 0.15) is 46.5 Å². The fourth-order valence-corrected chi connectivity index (χ4v) is 2.40. The van der Waals surface area contributed by atoms with Crippen LogP contribution in [0.25, 0.3) is 0 Å². The smallest absolute Gasteiger partial charge is 0.193 e. The van der Waals surface area contributed by atoms with Gasteiger partial charge in [-0.25, -0.2) is 0 Å². The first-order valence-corrected chi connectivity index (χ1v) is 8.26. The summed E-state index contributed by atoms with van der Waals surface area (Å²) in [4.78, 5) is 6.94. The van der Waals surface area contributed by atoms with Crippen molar-refractivity contribution in [1.82, 2.24) is 10.2 Å². The molecule has 0 saturated heterocycles. The minimum atomic E-state index is 0.249. The first-order chi connectivity index (χ1) is 10.0. The monoisotopic (exact) mass is 297 g/mol. The van der Waals surface area contributed by atoms with Gasteiger partial charge in [-0.2, -0.15) is 0 Å². The zero-order chi connectivity index (χ0) is 16.1. The van der Waals surface area contributed by atoms with Crippen molar-refractivity contribution in [1.29, 1.82) is 0 Å². The van der Waals surface area contributed by atoms with Crippen molar-refractivity contribution in [3.63, 3.8) is 0 Å². The van der Waals surface area contributed by atoms with Crippen molar-refractivity contribution in [2.45, 2.75) is 46.5 Å². The summed E-state index contributed by atoms with van der Waals surface area (Å²) in [5.74, 6) is 2.07. The molecule has 124 valence electrons. The summed E-state index contributed by atoms with van der Waals surface area (Å²) in [5.41, 5.74) is 0. The molecule has 0 radical (unpaired) electrons. The fourth-order valence-electron chi connectivity index (χ4n) is 2.40. The Morgan fingerprint density at radius 2 is 2.14 bits per heavy atom. The van der Waals surface area contributed by atoms with E-state index in [2.05, 4.69) is 44.6 Å². The molecule has 0 saturated carbocycles. The van der Waals surface area contributed by atoms with Crippen LogP contribution in [-0.2, 0) is 0 Å². The summed E-state index contributed by atoms with van der Waals surface area (Å²) in [6.45, 7) is 13.2. The predicted molar refractivity (Wildman–Crippen MR) is 92.7 cm³/mol. The summed E-state index contributed by atoms with van der Waals surface area (Å²) < 4.78 is 0. The molecule has 0 rings (SSSR count). The molecule has 0 bridgehead atoms. The SMILES string of the molecule is C=CCCCN(C)C(=NCC(CCO)CC(C)C)NCC. The third-order valence-electron chi connectivity index (χ3n) is 3.44. The number of guanidine groups is 1. The highest BCUT2D eigenvalue weighted by molar-refractivity contribution is 5.79. The van der Waals surface area contributed by atoms with E-state index in [1.807, 2.05) is 6.08 Å². The Hall–Kier alpha value is -1.03. The van der Waals surface area contributed by atoms with E-state index in [9.17, 15) is 5.11 Å². The van der Waals surface area contributed by atoms with Gasteiger partial charge in [-0.1, -0.05) is 19.9 Å². The number of rotatable bonds is 11. The second kappa shape index (κ2) is 12.7. The lowest BCUT2D eigenvalue weighted by Gasteiger charge is -2.23. The normalized spacial score (nSPS) is 13.3. The second-order valence-corrected chi connectivity index (χ2v) is 6.05. The zero-order valence-corrected chi connectivity index (χ0v) is 14.4. The Balaban J connectivity index is 4.54. The molecule has 4 heteroatoms. The van der Waals surface area contributed by atoms with E-state index in [4.69, 9.17) is 4.99 Å². The number of nitrogens with zero attached hydrogens (tertiary/aromatic N) is 2. The number of nitrogens with one attached hydrogen (secondary N) is 1. The minimum absolute atomic E-state index is 0.249. The highest BCUT2D eigenvalue weighted by Gasteiger charge is 2.12. The number of aliphatic hydroxyl groups excluding tert-OH is 1. The third-order valence-corrected chi connectivity index (χ3v) is 3.44. The van der Waals surface area contributed by atoms with E-state index in [0.717, 1.165) is 51.3 Å². The van der Waals surface area contributed by atoms with Gasteiger partial charge in [-0.15, -0.1) is 6.58 Å². The molecule has 0 fully saturated rings. The molecule has 0 aromatic rings. The Kier molecular flexibility index (Phi) is 12.1. The Labute approximate surface area is 131 Å². The Bertz CT molecular complexity index is 290. The number of hydrogen-bond donors (Lipinski definition) is 2. The van der Waals surface area contributed by atoms with E-state index in [1.54, 1.807) is 0 Å². The van der Waals surface area contributed by atoms with Crippen LogP contribution in [0.2, 0.25) is 0 Å². The fraction of sp³-hybridized carbons (Fsp3) is 0.824. The molecular formula is C17H35N3O. The molecule has 2 N–H and O–H groups in total. The lowest BCUT2D eigenvalue weighted by molar-refractivity contribution is 0.245. The predicted octanol–water partition coefficient (Wildman–Crippen LogP) is 2.89. The molecule has 4 nitrogen and oxygen atoms in total. The standard InChI is InChI=1S/C17H35N3O/c1-6-8-9-11-20(5)17(18-7-2)19-14-16(10-12-21)13-15(3)4/h6,15-16,21H,1,7-14H2,2-5H3,(H,18,19). The molecule has 1 unspecified atom stereocenters. The first-order valence-electron chi connectivity index (χ1n) is 8.26. The molecular weight excluding hydrogens is 262 g/mol. The number of hydrogen-bond acceptors (Lipinski definition) is 2. The highest BCUT2D eigenvalue weighted by atomic mass is 16.3. The van der Waals surface area contributed by atoms with Gasteiger partial charge in [0, 0.05) is 33.3 Å². The van der Waals surface area contributed by atoms with E-state index in [-0.39, 0.29) is 6.61 Å². The van der Waals surface area contributed by atoms with Gasteiger partial charge >= 0.3 is 0 Å². The van der Waals surface area contributed by atoms with E-state index < -0.39 is 0 Å². The maximum absolute atomic E-state index is 9.19. The van der Waals surface area contributed by atoms with Crippen molar-refractivity contribution < 1.29 is 5.11 Å². The molecule has 21 heavy (non-hydrogen) atoms. The van der Waals surface area contributed by atoms with Gasteiger partial charge in [0.15, 0.2) is 5.96 Å². The van der Waals surface area contributed by atoms with Crippen LogP contribution in [0, 0.1) is 11.8 Å². The average molecular weight is 297 g/mol. The zero-order valence-electron chi connectivity index (χ0n) is 14.4. The lowest BCUT2D eigenvalue weighted by Crippen LogP contribution is -2.39. The number of allylic oxidation sites excluding steroid dienone is 1. The Morgan fingerprint density at radius 1 is 1.43 bits per heavy atom. The van der Waals surface area contributed by atoms with Crippen molar-refractivity contribution in [3.05, 3.63) is 12.7 Å². The van der Waals surface area contributed by atoms with Gasteiger partial charge in [0.1, 0.15) is 0 Å². The Morgan fingerprint density at radius 3 is 2.67 bits per heavy atom. The van der Waals surface area contributed by atoms with Crippen molar-refractivity contribution >= 4 is 5.96 Å². The molecule has 0 aromatic heterocycles. The first kappa shape index (κ1) is 20.0. The van der Waals surface area contributed by atoms with Crippen LogP contribution in [0.15, 0.2) is 17.6 Å². The van der Waals surface area contributed by atoms with Crippen molar-refractivity contribution in [3.8, 4) is 0 Å². The molecule has 0 aliphatic carbocycles. The summed E-state index contributed by atoms with van der Waals surface area (Å²) in [5, 5.41) is 12.5. The van der Waals surface area contributed by atoms with Crippen LogP contribution in [0.4, 0.5) is 0 Å². The number of unbranched alkanes of at least 4 members (excludes halogenated alkanes) is 1. The number of aliphatic hydroxyl groups is 1. The van der Waals surface area contributed by atoms with Crippen LogP contribution in [0.5, 0.6) is 0 Å². The van der Waals surface area contributed by atoms with E-state index in [1.165, 1.54) is 0 Å². The van der Waals surface area contributed by atoms with Gasteiger partial charge < -0.3 is 15.3 Å². The molecule has 0 aliphatic heterocycles. The van der Waals surface area contributed by atoms with E-state index >= 15 is 0 Å². The van der Waals surface area contributed by atoms with Crippen molar-refractivity contribution in [2.75, 3.05) is 33.3 Å². The molecule has 1 atom stereocenters. The number of aliphatic imine (C=N–C) groups is 1. The summed E-state index contributed by atoms with van der Waals surface area (Å²) >= 11 is 0. The summed E-state index contributed by atoms with van der Waals surface area (Å²) in [6.07, 6.45) is 6.03. The largest absolute Gasteiger partial charge is 0.396 e. The quantitative estimate of drug-likeness (QED) is 0.267. The molecule has 0 amide bonds. The minimum Gasteiger partial charge on any atom is -0.396 e. The molecule has 0 aliphatic rings. The molecule has 0 spiro atoms. The van der Waals surface area contributed by atoms with Crippen LogP contribution >= 0.6 is 0 Å². The van der Waals surface area contributed by atoms with Crippen LogP contribution in [-0.4, -0.2) is 49.3 Å². The summed E-state index contributed by atoms with van der Waals surface area (Å²) in [6, 6.07) is 0. The maximum Gasteiger partial charge on any atom is 0.193 e. The van der Waals surface area contributed by atoms with Gasteiger partial charge in [-0.05, 0) is 44.4 Å². The van der Waals surface area contributed by atoms with Gasteiger partial charge in [0.25, 0.3) is 0 Å².